The minimum absolute atomic E-state index is 0.0272. The van der Waals surface area contributed by atoms with Crippen LogP contribution in [0, 0.1) is 9.39 Å². The number of hydrogen-bond donors (Lipinski definition) is 3. The van der Waals surface area contributed by atoms with Gasteiger partial charge in [0.15, 0.2) is 0 Å². The maximum Gasteiger partial charge on any atom is 0.323 e. The number of halogens is 2. The molecule has 3 N–H and O–H groups in total. The Morgan fingerprint density at radius 1 is 1.28 bits per heavy atom. The molecule has 1 aromatic carbocycles. The fraction of sp³-hybridized carbons (Fsp3) is 0.0667. The Bertz CT molecular complexity index is 918. The van der Waals surface area contributed by atoms with Crippen molar-refractivity contribution in [3.05, 3.63) is 46.0 Å². The van der Waals surface area contributed by atoms with Crippen LogP contribution in [0.5, 0.6) is 0 Å². The van der Waals surface area contributed by atoms with Crippen molar-refractivity contribution >= 4 is 45.9 Å². The van der Waals surface area contributed by atoms with Crippen molar-refractivity contribution in [2.45, 2.75) is 0 Å². The molecule has 0 aliphatic carbocycles. The Kier molecular flexibility index (Phi) is 5.07. The summed E-state index contributed by atoms with van der Waals surface area (Å²) in [6.07, 6.45) is 3.03. The van der Waals surface area contributed by atoms with Crippen molar-refractivity contribution in [1.82, 2.24) is 15.2 Å². The number of benzene rings is 1. The monoisotopic (exact) mass is 455 g/mol. The van der Waals surface area contributed by atoms with Crippen LogP contribution < -0.4 is 10.6 Å². The topological polar surface area (TPSA) is 113 Å². The van der Waals surface area contributed by atoms with Crippen molar-refractivity contribution in [3.8, 4) is 11.5 Å². The average molecular weight is 455 g/mol. The second-order valence-electron chi connectivity index (χ2n) is 4.83. The van der Waals surface area contributed by atoms with Crippen molar-refractivity contribution in [1.29, 1.82) is 0 Å². The molecule has 8 nitrogen and oxygen atoms in total. The zero-order chi connectivity index (χ0) is 17.8. The molecule has 0 atom stereocenters. The third-order valence-electron chi connectivity index (χ3n) is 3.07. The summed E-state index contributed by atoms with van der Waals surface area (Å²) in [6, 6.07) is 6.38. The molecular formula is C15H11FIN5O3. The molecule has 2 heterocycles. The highest BCUT2D eigenvalue weighted by molar-refractivity contribution is 14.1. The van der Waals surface area contributed by atoms with Gasteiger partial charge in [0.2, 0.25) is 0 Å². The third-order valence-corrected chi connectivity index (χ3v) is 3.74. The molecule has 3 rings (SSSR count). The van der Waals surface area contributed by atoms with Crippen LogP contribution in [0.1, 0.15) is 0 Å². The quantitative estimate of drug-likeness (QED) is 0.486. The lowest BCUT2D eigenvalue weighted by atomic mass is 10.2. The van der Waals surface area contributed by atoms with Crippen LogP contribution in [0.25, 0.3) is 11.5 Å². The summed E-state index contributed by atoms with van der Waals surface area (Å²) < 4.78 is 20.2. The number of anilines is 3. The van der Waals surface area contributed by atoms with Gasteiger partial charge < -0.3 is 20.2 Å². The fourth-order valence-corrected chi connectivity index (χ4v) is 2.42. The SMILES string of the molecule is O=C(O)CNc1nnc(-c2ccncc2Nc2ccc(I)cc2F)o1. The summed E-state index contributed by atoms with van der Waals surface area (Å²) in [5.41, 5.74) is 1.25. The van der Waals surface area contributed by atoms with E-state index in [2.05, 4.69) is 25.8 Å². The number of aliphatic carboxylic acids is 1. The minimum atomic E-state index is -1.06. The molecule has 0 spiro atoms. The standard InChI is InChI=1S/C15H11FIN5O3/c16-10-5-8(17)1-2-11(10)20-12-6-18-4-3-9(12)14-21-22-15(25-14)19-7-13(23)24/h1-6,20H,7H2,(H,19,22)(H,23,24). The lowest BCUT2D eigenvalue weighted by Gasteiger charge is -2.10. The van der Waals surface area contributed by atoms with Gasteiger partial charge in [-0.05, 0) is 46.9 Å². The van der Waals surface area contributed by atoms with Gasteiger partial charge >= 0.3 is 12.0 Å². The first-order valence-corrected chi connectivity index (χ1v) is 8.06. The summed E-state index contributed by atoms with van der Waals surface area (Å²) in [4.78, 5) is 14.6. The van der Waals surface area contributed by atoms with Crippen molar-refractivity contribution < 1.29 is 18.7 Å². The number of pyridine rings is 1. The van der Waals surface area contributed by atoms with Gasteiger partial charge in [-0.25, -0.2) is 4.39 Å². The molecule has 2 aromatic heterocycles. The van der Waals surface area contributed by atoms with Gasteiger partial charge in [0, 0.05) is 9.77 Å². The van der Waals surface area contributed by atoms with Gasteiger partial charge in [0.25, 0.3) is 5.89 Å². The number of hydrogen-bond acceptors (Lipinski definition) is 7. The average Bonchev–Trinajstić information content (AvgIpc) is 3.05. The van der Waals surface area contributed by atoms with Gasteiger partial charge in [-0.1, -0.05) is 5.10 Å². The maximum atomic E-state index is 14.0. The van der Waals surface area contributed by atoms with E-state index < -0.39 is 11.8 Å². The van der Waals surface area contributed by atoms with Gasteiger partial charge in [0.1, 0.15) is 12.4 Å². The Labute approximate surface area is 154 Å². The normalized spacial score (nSPS) is 10.5. The van der Waals surface area contributed by atoms with E-state index in [1.807, 2.05) is 22.6 Å². The molecule has 0 saturated heterocycles. The number of carbonyl (C=O) groups is 1. The molecule has 10 heteroatoms. The Morgan fingerprint density at radius 2 is 2.12 bits per heavy atom. The first-order chi connectivity index (χ1) is 12.0. The summed E-state index contributed by atoms with van der Waals surface area (Å²) >= 11 is 2.02. The van der Waals surface area contributed by atoms with E-state index in [1.54, 1.807) is 18.2 Å². The molecule has 0 amide bonds. The molecular weight excluding hydrogens is 444 g/mol. The highest BCUT2D eigenvalue weighted by Gasteiger charge is 2.14. The first kappa shape index (κ1) is 17.1. The zero-order valence-corrected chi connectivity index (χ0v) is 14.7. The van der Waals surface area contributed by atoms with Gasteiger partial charge in [0.05, 0.1) is 23.1 Å². The predicted molar refractivity (Wildman–Crippen MR) is 96.1 cm³/mol. The van der Waals surface area contributed by atoms with Crippen molar-refractivity contribution in [2.75, 3.05) is 17.2 Å². The minimum Gasteiger partial charge on any atom is -0.480 e. The van der Waals surface area contributed by atoms with E-state index >= 15 is 0 Å². The molecule has 128 valence electrons. The second kappa shape index (κ2) is 7.42. The van der Waals surface area contributed by atoms with Crippen molar-refractivity contribution in [3.63, 3.8) is 0 Å². The van der Waals surface area contributed by atoms with E-state index in [0.717, 1.165) is 3.57 Å². The van der Waals surface area contributed by atoms with E-state index in [-0.39, 0.29) is 24.1 Å². The van der Waals surface area contributed by atoms with Crippen LogP contribution in [0.2, 0.25) is 0 Å². The van der Waals surface area contributed by atoms with E-state index in [4.69, 9.17) is 9.52 Å². The molecule has 0 fully saturated rings. The Hall–Kier alpha value is -2.76. The van der Waals surface area contributed by atoms with Crippen LogP contribution in [0.15, 0.2) is 41.1 Å². The summed E-state index contributed by atoms with van der Waals surface area (Å²) in [6.45, 7) is -0.350. The number of rotatable bonds is 6. The maximum absolute atomic E-state index is 14.0. The van der Waals surface area contributed by atoms with Gasteiger partial charge in [-0.2, -0.15) is 0 Å². The lowest BCUT2D eigenvalue weighted by Crippen LogP contribution is -2.12. The van der Waals surface area contributed by atoms with Crippen LogP contribution in [0.4, 0.5) is 21.8 Å². The molecule has 0 unspecified atom stereocenters. The molecule has 0 aliphatic heterocycles. The Balaban J connectivity index is 1.87. The molecule has 3 aromatic rings. The number of nitrogens with one attached hydrogen (secondary N) is 2. The van der Waals surface area contributed by atoms with Crippen LogP contribution in [-0.4, -0.2) is 32.8 Å². The van der Waals surface area contributed by atoms with Gasteiger partial charge in [-0.15, -0.1) is 5.10 Å². The Morgan fingerprint density at radius 3 is 2.88 bits per heavy atom. The summed E-state index contributed by atoms with van der Waals surface area (Å²) in [5.74, 6) is -1.32. The van der Waals surface area contributed by atoms with Crippen molar-refractivity contribution in [2.24, 2.45) is 0 Å². The van der Waals surface area contributed by atoms with E-state index in [9.17, 15) is 9.18 Å². The fourth-order valence-electron chi connectivity index (χ4n) is 1.97. The third kappa shape index (κ3) is 4.21. The summed E-state index contributed by atoms with van der Waals surface area (Å²) in [7, 11) is 0. The number of carboxylic acid groups (broad SMARTS) is 1. The number of aromatic nitrogens is 3. The lowest BCUT2D eigenvalue weighted by molar-refractivity contribution is -0.134. The molecule has 0 bridgehead atoms. The smallest absolute Gasteiger partial charge is 0.323 e. The summed E-state index contributed by atoms with van der Waals surface area (Å²) in [5, 5.41) is 21.7. The molecule has 25 heavy (non-hydrogen) atoms. The highest BCUT2D eigenvalue weighted by Crippen LogP contribution is 2.30. The zero-order valence-electron chi connectivity index (χ0n) is 12.5. The van der Waals surface area contributed by atoms with Crippen LogP contribution in [0.3, 0.4) is 0 Å². The molecule has 0 saturated carbocycles. The molecule has 0 aliphatic rings. The van der Waals surface area contributed by atoms with Gasteiger partial charge in [-0.3, -0.25) is 9.78 Å². The second-order valence-corrected chi connectivity index (χ2v) is 6.08. The largest absolute Gasteiger partial charge is 0.480 e. The first-order valence-electron chi connectivity index (χ1n) is 6.98. The number of carboxylic acids is 1. The highest BCUT2D eigenvalue weighted by atomic mass is 127. The molecule has 0 radical (unpaired) electrons. The van der Waals surface area contributed by atoms with Crippen LogP contribution in [-0.2, 0) is 4.79 Å². The van der Waals surface area contributed by atoms with Crippen LogP contribution >= 0.6 is 22.6 Å². The predicted octanol–water partition coefficient (Wildman–Crippen LogP) is 3.12. The van der Waals surface area contributed by atoms with E-state index in [0.29, 0.717) is 11.3 Å². The van der Waals surface area contributed by atoms with E-state index in [1.165, 1.54) is 18.5 Å². The number of nitrogens with zero attached hydrogens (tertiary/aromatic N) is 3.